The number of aryl methyl sites for hydroxylation is 2. The number of nitrogens with zero attached hydrogens (tertiary/aromatic N) is 2. The molecule has 0 atom stereocenters. The fourth-order valence-corrected chi connectivity index (χ4v) is 1.45. The van der Waals surface area contributed by atoms with Crippen molar-refractivity contribution in [1.29, 1.82) is 0 Å². The van der Waals surface area contributed by atoms with E-state index in [1.807, 2.05) is 32.0 Å². The van der Waals surface area contributed by atoms with Crippen LogP contribution in [0.25, 0.3) is 11.4 Å². The van der Waals surface area contributed by atoms with Crippen molar-refractivity contribution in [2.75, 3.05) is 0 Å². The molecule has 0 amide bonds. The maximum absolute atomic E-state index is 4.72. The minimum atomic E-state index is 0.663. The fourth-order valence-electron chi connectivity index (χ4n) is 1.45. The van der Waals surface area contributed by atoms with Gasteiger partial charge in [0.25, 0.3) is 0 Å². The van der Waals surface area contributed by atoms with Gasteiger partial charge in [-0.05, 0) is 25.0 Å². The number of aromatic nitrogens is 2. The minimum Gasteiger partial charge on any atom is -0.342 e. The standard InChI is InChI=1S/C10H10N2O/c1-7-4-3-5-8(2)9(7)10-11-6-13-12-10/h3-6H,1-2H3. The molecule has 13 heavy (non-hydrogen) atoms. The molecule has 0 fully saturated rings. The number of rotatable bonds is 1. The summed E-state index contributed by atoms with van der Waals surface area (Å²) < 4.78 is 4.72. The van der Waals surface area contributed by atoms with Crippen LogP contribution in [0.15, 0.2) is 29.1 Å². The van der Waals surface area contributed by atoms with Gasteiger partial charge < -0.3 is 4.52 Å². The van der Waals surface area contributed by atoms with Crippen LogP contribution >= 0.6 is 0 Å². The number of hydrogen-bond acceptors (Lipinski definition) is 3. The molecule has 2 aromatic rings. The molecule has 0 spiro atoms. The van der Waals surface area contributed by atoms with E-state index < -0.39 is 0 Å². The lowest BCUT2D eigenvalue weighted by Gasteiger charge is -2.03. The second-order valence-corrected chi connectivity index (χ2v) is 3.02. The third-order valence-corrected chi connectivity index (χ3v) is 2.07. The summed E-state index contributed by atoms with van der Waals surface area (Å²) in [4.78, 5) is 4.03. The van der Waals surface area contributed by atoms with Crippen molar-refractivity contribution in [2.24, 2.45) is 0 Å². The summed E-state index contributed by atoms with van der Waals surface area (Å²) in [6, 6.07) is 6.10. The molecule has 1 aromatic heterocycles. The van der Waals surface area contributed by atoms with E-state index in [0.29, 0.717) is 5.82 Å². The lowest BCUT2D eigenvalue weighted by Crippen LogP contribution is -1.88. The minimum absolute atomic E-state index is 0.663. The van der Waals surface area contributed by atoms with Gasteiger partial charge in [-0.3, -0.25) is 0 Å². The average molecular weight is 174 g/mol. The SMILES string of the molecule is Cc1cccc(C)c1-c1ncon1. The van der Waals surface area contributed by atoms with E-state index in [-0.39, 0.29) is 0 Å². The molecule has 1 aromatic carbocycles. The first kappa shape index (κ1) is 7.98. The van der Waals surface area contributed by atoms with Gasteiger partial charge in [0.2, 0.25) is 12.2 Å². The van der Waals surface area contributed by atoms with Crippen molar-refractivity contribution in [1.82, 2.24) is 10.1 Å². The van der Waals surface area contributed by atoms with Crippen molar-refractivity contribution >= 4 is 0 Å². The van der Waals surface area contributed by atoms with E-state index in [2.05, 4.69) is 10.1 Å². The van der Waals surface area contributed by atoms with Crippen molar-refractivity contribution in [2.45, 2.75) is 13.8 Å². The van der Waals surface area contributed by atoms with E-state index in [1.165, 1.54) is 17.5 Å². The maximum atomic E-state index is 4.72. The van der Waals surface area contributed by atoms with Gasteiger partial charge in [-0.15, -0.1) is 0 Å². The van der Waals surface area contributed by atoms with Gasteiger partial charge in [0.15, 0.2) is 0 Å². The summed E-state index contributed by atoms with van der Waals surface area (Å²) in [7, 11) is 0. The molecule has 0 aliphatic heterocycles. The van der Waals surface area contributed by atoms with Gasteiger partial charge in [0.1, 0.15) is 0 Å². The molecule has 0 saturated carbocycles. The van der Waals surface area contributed by atoms with Crippen molar-refractivity contribution in [3.05, 3.63) is 35.7 Å². The molecular formula is C10H10N2O. The van der Waals surface area contributed by atoms with Crippen LogP contribution < -0.4 is 0 Å². The van der Waals surface area contributed by atoms with Crippen molar-refractivity contribution < 1.29 is 4.52 Å². The Labute approximate surface area is 76.4 Å². The van der Waals surface area contributed by atoms with Crippen LogP contribution in [0, 0.1) is 13.8 Å². The van der Waals surface area contributed by atoms with Gasteiger partial charge >= 0.3 is 0 Å². The van der Waals surface area contributed by atoms with E-state index in [4.69, 9.17) is 4.52 Å². The molecule has 0 unspecified atom stereocenters. The molecular weight excluding hydrogens is 164 g/mol. The van der Waals surface area contributed by atoms with Gasteiger partial charge in [-0.25, -0.2) is 0 Å². The summed E-state index contributed by atoms with van der Waals surface area (Å²) in [6.07, 6.45) is 1.35. The maximum Gasteiger partial charge on any atom is 0.214 e. The van der Waals surface area contributed by atoms with Gasteiger partial charge in [0.05, 0.1) is 0 Å². The molecule has 3 heteroatoms. The van der Waals surface area contributed by atoms with Crippen LogP contribution in [0.1, 0.15) is 11.1 Å². The van der Waals surface area contributed by atoms with E-state index in [0.717, 1.165) is 5.56 Å². The zero-order valence-corrected chi connectivity index (χ0v) is 7.61. The van der Waals surface area contributed by atoms with Crippen molar-refractivity contribution in [3.8, 4) is 11.4 Å². The van der Waals surface area contributed by atoms with Gasteiger partial charge in [-0.1, -0.05) is 23.4 Å². The summed E-state index contributed by atoms with van der Waals surface area (Å²) in [5, 5.41) is 3.82. The zero-order valence-electron chi connectivity index (χ0n) is 7.61. The average Bonchev–Trinajstić information content (AvgIpc) is 2.57. The molecule has 2 rings (SSSR count). The predicted octanol–water partition coefficient (Wildman–Crippen LogP) is 2.35. The first-order valence-corrected chi connectivity index (χ1v) is 4.12. The molecule has 0 saturated heterocycles. The highest BCUT2D eigenvalue weighted by Crippen LogP contribution is 2.23. The topological polar surface area (TPSA) is 38.9 Å². The highest BCUT2D eigenvalue weighted by Gasteiger charge is 2.08. The molecule has 66 valence electrons. The van der Waals surface area contributed by atoms with Crippen LogP contribution in [0.4, 0.5) is 0 Å². The lowest BCUT2D eigenvalue weighted by molar-refractivity contribution is 0.418. The molecule has 0 aliphatic carbocycles. The van der Waals surface area contributed by atoms with Crippen LogP contribution in [0.2, 0.25) is 0 Å². The molecule has 0 aliphatic rings. The highest BCUT2D eigenvalue weighted by molar-refractivity contribution is 5.63. The zero-order chi connectivity index (χ0) is 9.26. The van der Waals surface area contributed by atoms with E-state index >= 15 is 0 Å². The second kappa shape index (κ2) is 3.01. The Bertz CT molecular complexity index is 387. The van der Waals surface area contributed by atoms with Crippen LogP contribution in [0.5, 0.6) is 0 Å². The Hall–Kier alpha value is -1.64. The highest BCUT2D eigenvalue weighted by atomic mass is 16.5. The normalized spacial score (nSPS) is 10.3. The lowest BCUT2D eigenvalue weighted by atomic mass is 10.0. The fraction of sp³-hybridized carbons (Fsp3) is 0.200. The molecule has 0 bridgehead atoms. The summed E-state index contributed by atoms with van der Waals surface area (Å²) in [5.41, 5.74) is 3.40. The first-order chi connectivity index (χ1) is 6.29. The van der Waals surface area contributed by atoms with Gasteiger partial charge in [-0.2, -0.15) is 4.98 Å². The van der Waals surface area contributed by atoms with Crippen LogP contribution in [-0.4, -0.2) is 10.1 Å². The second-order valence-electron chi connectivity index (χ2n) is 3.02. The van der Waals surface area contributed by atoms with Crippen LogP contribution in [0.3, 0.4) is 0 Å². The quantitative estimate of drug-likeness (QED) is 0.666. The molecule has 0 N–H and O–H groups in total. The third kappa shape index (κ3) is 1.33. The van der Waals surface area contributed by atoms with Crippen molar-refractivity contribution in [3.63, 3.8) is 0 Å². The van der Waals surface area contributed by atoms with E-state index in [9.17, 15) is 0 Å². The Kier molecular flexibility index (Phi) is 1.85. The van der Waals surface area contributed by atoms with Crippen LogP contribution in [-0.2, 0) is 0 Å². The summed E-state index contributed by atoms with van der Waals surface area (Å²) in [5.74, 6) is 0.663. The third-order valence-electron chi connectivity index (χ3n) is 2.07. The number of benzene rings is 1. The molecule has 3 nitrogen and oxygen atoms in total. The largest absolute Gasteiger partial charge is 0.342 e. The summed E-state index contributed by atoms with van der Waals surface area (Å²) >= 11 is 0. The Morgan fingerprint density at radius 3 is 2.38 bits per heavy atom. The summed E-state index contributed by atoms with van der Waals surface area (Å²) in [6.45, 7) is 4.08. The Balaban J connectivity index is 2.64. The first-order valence-electron chi connectivity index (χ1n) is 4.12. The monoisotopic (exact) mass is 174 g/mol. The Morgan fingerprint density at radius 2 is 1.85 bits per heavy atom. The molecule has 1 heterocycles. The molecule has 0 radical (unpaired) electrons. The van der Waals surface area contributed by atoms with Gasteiger partial charge in [0, 0.05) is 5.56 Å². The number of hydrogen-bond donors (Lipinski definition) is 0. The Morgan fingerprint density at radius 1 is 1.15 bits per heavy atom. The smallest absolute Gasteiger partial charge is 0.214 e. The van der Waals surface area contributed by atoms with E-state index in [1.54, 1.807) is 0 Å². The predicted molar refractivity (Wildman–Crippen MR) is 49.2 cm³/mol.